The molecular weight excluding hydrogens is 258 g/mol. The molecule has 21 heavy (non-hydrogen) atoms. The van der Waals surface area contributed by atoms with Crippen LogP contribution in [0.5, 0.6) is 0 Å². The Morgan fingerprint density at radius 3 is 2.86 bits per heavy atom. The summed E-state index contributed by atoms with van der Waals surface area (Å²) in [6.45, 7) is 5.49. The van der Waals surface area contributed by atoms with Crippen LogP contribution in [0.25, 0.3) is 0 Å². The largest absolute Gasteiger partial charge is 0.310 e. The van der Waals surface area contributed by atoms with E-state index in [0.29, 0.717) is 5.92 Å². The van der Waals surface area contributed by atoms with Gasteiger partial charge in [0.25, 0.3) is 0 Å². The van der Waals surface area contributed by atoms with Crippen LogP contribution in [0.1, 0.15) is 63.1 Å². The van der Waals surface area contributed by atoms with Gasteiger partial charge in [-0.1, -0.05) is 20.3 Å². The molecule has 116 valence electrons. The van der Waals surface area contributed by atoms with Crippen molar-refractivity contribution in [3.63, 3.8) is 0 Å². The lowest BCUT2D eigenvalue weighted by molar-refractivity contribution is 0.208. The standard InChI is InChI=1S/C18H29N3/c1-11(2)18-13(10-21(3)20-18)9-19-17-8-12-7-16(17)15-6-4-5-14(12)15/h10-12,14-17,19H,4-9H2,1-3H3. The monoisotopic (exact) mass is 287 g/mol. The van der Waals surface area contributed by atoms with Crippen LogP contribution in [0, 0.1) is 23.7 Å². The van der Waals surface area contributed by atoms with Crippen LogP contribution < -0.4 is 5.32 Å². The van der Waals surface area contributed by atoms with Gasteiger partial charge >= 0.3 is 0 Å². The van der Waals surface area contributed by atoms with Crippen molar-refractivity contribution in [2.24, 2.45) is 30.7 Å². The van der Waals surface area contributed by atoms with Gasteiger partial charge in [-0.2, -0.15) is 5.10 Å². The molecule has 0 aromatic carbocycles. The molecule has 4 rings (SSSR count). The van der Waals surface area contributed by atoms with E-state index in [1.165, 1.54) is 43.4 Å². The zero-order valence-corrected chi connectivity index (χ0v) is 13.7. The number of aryl methyl sites for hydroxylation is 1. The molecule has 3 aliphatic rings. The van der Waals surface area contributed by atoms with Gasteiger partial charge in [0.2, 0.25) is 0 Å². The summed E-state index contributed by atoms with van der Waals surface area (Å²) in [4.78, 5) is 0. The lowest BCUT2D eigenvalue weighted by Crippen LogP contribution is -2.39. The SMILES string of the molecule is CC(C)c1nn(C)cc1CNC1CC2CC1C1CCCC21. The van der Waals surface area contributed by atoms with E-state index in [0.717, 1.165) is 36.3 Å². The van der Waals surface area contributed by atoms with Gasteiger partial charge in [0.15, 0.2) is 0 Å². The summed E-state index contributed by atoms with van der Waals surface area (Å²) in [7, 11) is 2.04. The lowest BCUT2D eigenvalue weighted by atomic mass is 9.79. The third-order valence-corrected chi connectivity index (χ3v) is 6.47. The number of nitrogens with zero attached hydrogens (tertiary/aromatic N) is 2. The van der Waals surface area contributed by atoms with Crippen molar-refractivity contribution in [1.82, 2.24) is 15.1 Å². The molecule has 3 aliphatic carbocycles. The Morgan fingerprint density at radius 1 is 1.24 bits per heavy atom. The Kier molecular flexibility index (Phi) is 3.36. The number of rotatable bonds is 4. The first kappa shape index (κ1) is 13.8. The topological polar surface area (TPSA) is 29.9 Å². The van der Waals surface area contributed by atoms with Crippen molar-refractivity contribution in [3.05, 3.63) is 17.5 Å². The highest BCUT2D eigenvalue weighted by molar-refractivity contribution is 5.20. The molecule has 5 unspecified atom stereocenters. The molecule has 3 saturated carbocycles. The second-order valence-corrected chi connectivity index (χ2v) is 8.01. The highest BCUT2D eigenvalue weighted by Gasteiger charge is 2.53. The molecule has 1 N–H and O–H groups in total. The van der Waals surface area contributed by atoms with Crippen LogP contribution >= 0.6 is 0 Å². The molecule has 2 bridgehead atoms. The zero-order chi connectivity index (χ0) is 14.6. The van der Waals surface area contributed by atoms with Crippen molar-refractivity contribution in [1.29, 1.82) is 0 Å². The Balaban J connectivity index is 1.42. The average Bonchev–Trinajstić information content (AvgIpc) is 3.16. The third-order valence-electron chi connectivity index (χ3n) is 6.47. The molecule has 3 fully saturated rings. The summed E-state index contributed by atoms with van der Waals surface area (Å²) in [5.41, 5.74) is 2.67. The highest BCUT2D eigenvalue weighted by Crippen LogP contribution is 2.58. The van der Waals surface area contributed by atoms with Crippen molar-refractivity contribution in [2.45, 2.75) is 64.5 Å². The van der Waals surface area contributed by atoms with Crippen molar-refractivity contribution in [3.8, 4) is 0 Å². The summed E-state index contributed by atoms with van der Waals surface area (Å²) >= 11 is 0. The van der Waals surface area contributed by atoms with E-state index in [1.807, 2.05) is 11.7 Å². The smallest absolute Gasteiger partial charge is 0.0694 e. The summed E-state index contributed by atoms with van der Waals surface area (Å²) in [6.07, 6.45) is 9.68. The van der Waals surface area contributed by atoms with Crippen molar-refractivity contribution >= 4 is 0 Å². The number of nitrogens with one attached hydrogen (secondary N) is 1. The highest BCUT2D eigenvalue weighted by atomic mass is 15.3. The summed E-state index contributed by atoms with van der Waals surface area (Å²) in [5.74, 6) is 4.68. The van der Waals surface area contributed by atoms with Gasteiger partial charge in [0, 0.05) is 31.4 Å². The number of aromatic nitrogens is 2. The third kappa shape index (κ3) is 2.25. The Bertz CT molecular complexity index is 519. The predicted octanol–water partition coefficient (Wildman–Crippen LogP) is 3.46. The molecule has 1 aromatic heterocycles. The summed E-state index contributed by atoms with van der Waals surface area (Å²) in [6, 6.07) is 0.773. The van der Waals surface area contributed by atoms with Gasteiger partial charge in [-0.15, -0.1) is 0 Å². The molecule has 0 saturated heterocycles. The van der Waals surface area contributed by atoms with E-state index in [4.69, 9.17) is 0 Å². The maximum absolute atomic E-state index is 4.63. The molecule has 0 radical (unpaired) electrons. The fraction of sp³-hybridized carbons (Fsp3) is 0.833. The average molecular weight is 287 g/mol. The molecular formula is C18H29N3. The summed E-state index contributed by atoms with van der Waals surface area (Å²) in [5, 5.41) is 8.53. The number of hydrogen-bond acceptors (Lipinski definition) is 2. The van der Waals surface area contributed by atoms with Crippen LogP contribution in [0.4, 0.5) is 0 Å². The molecule has 3 heteroatoms. The first-order valence-electron chi connectivity index (χ1n) is 8.89. The number of hydrogen-bond donors (Lipinski definition) is 1. The Hall–Kier alpha value is -0.830. The number of fused-ring (bicyclic) bond motifs is 5. The molecule has 1 heterocycles. The quantitative estimate of drug-likeness (QED) is 0.919. The van der Waals surface area contributed by atoms with Crippen molar-refractivity contribution in [2.75, 3.05) is 0 Å². The minimum absolute atomic E-state index is 0.516. The van der Waals surface area contributed by atoms with Crippen LogP contribution in [0.2, 0.25) is 0 Å². The van der Waals surface area contributed by atoms with E-state index in [9.17, 15) is 0 Å². The maximum atomic E-state index is 4.63. The Labute approximate surface area is 128 Å². The maximum Gasteiger partial charge on any atom is 0.0694 e. The van der Waals surface area contributed by atoms with Gasteiger partial charge in [-0.25, -0.2) is 0 Å². The molecule has 0 spiro atoms. The molecule has 5 atom stereocenters. The van der Waals surface area contributed by atoms with E-state index >= 15 is 0 Å². The first-order valence-corrected chi connectivity index (χ1v) is 8.89. The second kappa shape index (κ2) is 5.12. The van der Waals surface area contributed by atoms with E-state index < -0.39 is 0 Å². The molecule has 0 amide bonds. The first-order chi connectivity index (χ1) is 10.1. The van der Waals surface area contributed by atoms with E-state index in [-0.39, 0.29) is 0 Å². The van der Waals surface area contributed by atoms with Gasteiger partial charge in [0.05, 0.1) is 5.69 Å². The molecule has 0 aliphatic heterocycles. The second-order valence-electron chi connectivity index (χ2n) is 8.01. The minimum atomic E-state index is 0.516. The van der Waals surface area contributed by atoms with Gasteiger partial charge in [-0.05, 0) is 55.3 Å². The molecule has 3 nitrogen and oxygen atoms in total. The van der Waals surface area contributed by atoms with Crippen LogP contribution in [0.15, 0.2) is 6.20 Å². The predicted molar refractivity (Wildman–Crippen MR) is 85.0 cm³/mol. The summed E-state index contributed by atoms with van der Waals surface area (Å²) < 4.78 is 1.97. The van der Waals surface area contributed by atoms with Crippen LogP contribution in [-0.4, -0.2) is 15.8 Å². The van der Waals surface area contributed by atoms with E-state index in [2.05, 4.69) is 30.5 Å². The van der Waals surface area contributed by atoms with E-state index in [1.54, 1.807) is 0 Å². The Morgan fingerprint density at radius 2 is 2.05 bits per heavy atom. The normalized spacial score (nSPS) is 37.6. The minimum Gasteiger partial charge on any atom is -0.310 e. The molecule has 1 aromatic rings. The lowest BCUT2D eigenvalue weighted by Gasteiger charge is -2.32. The van der Waals surface area contributed by atoms with Gasteiger partial charge < -0.3 is 5.32 Å². The zero-order valence-electron chi connectivity index (χ0n) is 13.7. The fourth-order valence-electron chi connectivity index (χ4n) is 5.72. The fourth-order valence-corrected chi connectivity index (χ4v) is 5.72. The van der Waals surface area contributed by atoms with Gasteiger partial charge in [0.1, 0.15) is 0 Å². The van der Waals surface area contributed by atoms with Crippen molar-refractivity contribution < 1.29 is 0 Å². The van der Waals surface area contributed by atoms with Crippen LogP contribution in [-0.2, 0) is 13.6 Å². The van der Waals surface area contributed by atoms with Gasteiger partial charge in [-0.3, -0.25) is 4.68 Å². The van der Waals surface area contributed by atoms with Crippen LogP contribution in [0.3, 0.4) is 0 Å².